The quantitative estimate of drug-likeness (QED) is 0.254. The molecule has 0 radical (unpaired) electrons. The van der Waals surface area contributed by atoms with Crippen LogP contribution in [0.15, 0.2) is 12.1 Å². The smallest absolute Gasteiger partial charge is 0.319 e. The number of alkyl halides is 1. The molecule has 0 amide bonds. The molecule has 0 bridgehead atoms. The number of nitrogens with two attached hydrogens (primary N) is 1. The summed E-state index contributed by atoms with van der Waals surface area (Å²) < 4.78 is 59.5. The minimum Gasteiger partial charge on any atom is -0.491 e. The molecule has 8 rings (SSSR count). The number of aromatic nitrogens is 2. The molecule has 47 heavy (non-hydrogen) atoms. The molecule has 6 heterocycles. The molecule has 4 aliphatic rings. The van der Waals surface area contributed by atoms with Gasteiger partial charge in [-0.15, -0.1) is 11.3 Å². The van der Waals surface area contributed by atoms with Crippen LogP contribution in [0.3, 0.4) is 0 Å². The van der Waals surface area contributed by atoms with Gasteiger partial charge in [0.15, 0.2) is 11.6 Å². The standard InChI is InChI=1S/C33H33ClF3N7O2S/c1-40-17-5-9-44-18(11-17)6-10-45-28-24-27(41-32(42-31(24)44)46-15-33-7-2-8-43(33)14-16(35)12-33)26(37)23(25(28)34)19-3-4-21(36)29-22(19)20(13-38)30(39)47-29/h3-4,16-18,40H,2,5-12,14-15,39H2,1H3/t16-,17?,18?,33+/m1/s1. The lowest BCUT2D eigenvalue weighted by molar-refractivity contribution is 0.107. The summed E-state index contributed by atoms with van der Waals surface area (Å²) in [6, 6.07) is 4.99. The second-order valence-corrected chi connectivity index (χ2v) is 14.4. The first-order chi connectivity index (χ1) is 22.7. The van der Waals surface area contributed by atoms with E-state index in [1.165, 1.54) is 12.1 Å². The van der Waals surface area contributed by atoms with Crippen LogP contribution in [0, 0.1) is 23.0 Å². The van der Waals surface area contributed by atoms with E-state index in [1.807, 2.05) is 13.1 Å². The molecule has 0 spiro atoms. The van der Waals surface area contributed by atoms with Crippen molar-refractivity contribution >= 4 is 54.7 Å². The summed E-state index contributed by atoms with van der Waals surface area (Å²) in [4.78, 5) is 13.8. The highest BCUT2D eigenvalue weighted by Crippen LogP contribution is 2.51. The second-order valence-electron chi connectivity index (χ2n) is 13.0. The maximum Gasteiger partial charge on any atom is 0.319 e. The molecule has 0 saturated carbocycles. The molecular formula is C33H33ClF3N7O2S. The van der Waals surface area contributed by atoms with E-state index in [9.17, 15) is 14.0 Å². The summed E-state index contributed by atoms with van der Waals surface area (Å²) in [7, 11) is 1.95. The van der Waals surface area contributed by atoms with Crippen molar-refractivity contribution < 1.29 is 22.6 Å². The third-order valence-corrected chi connectivity index (χ3v) is 11.9. The van der Waals surface area contributed by atoms with Crippen LogP contribution in [0.2, 0.25) is 5.02 Å². The van der Waals surface area contributed by atoms with Gasteiger partial charge in [0, 0.05) is 49.0 Å². The molecule has 0 aliphatic carbocycles. The number of thiophene rings is 1. The van der Waals surface area contributed by atoms with Crippen molar-refractivity contribution in [3.63, 3.8) is 0 Å². The second kappa shape index (κ2) is 11.5. The van der Waals surface area contributed by atoms with Gasteiger partial charge in [-0.1, -0.05) is 17.7 Å². The van der Waals surface area contributed by atoms with Crippen LogP contribution >= 0.6 is 22.9 Å². The first kappa shape index (κ1) is 30.7. The van der Waals surface area contributed by atoms with Crippen LogP contribution in [0.1, 0.15) is 44.1 Å². The number of halogens is 4. The van der Waals surface area contributed by atoms with Crippen LogP contribution in [0.5, 0.6) is 11.8 Å². The zero-order chi connectivity index (χ0) is 32.6. The normalized spacial score (nSPS) is 25.7. The zero-order valence-electron chi connectivity index (χ0n) is 25.7. The van der Waals surface area contributed by atoms with E-state index in [0.717, 1.165) is 43.6 Å². The number of nitriles is 1. The number of rotatable bonds is 5. The van der Waals surface area contributed by atoms with Crippen LogP contribution < -0.4 is 25.4 Å². The van der Waals surface area contributed by atoms with Crippen molar-refractivity contribution in [2.45, 2.75) is 62.3 Å². The van der Waals surface area contributed by atoms with Crippen molar-refractivity contribution in [2.24, 2.45) is 0 Å². The minimum absolute atomic E-state index is 0.0223. The van der Waals surface area contributed by atoms with Crippen molar-refractivity contribution in [1.82, 2.24) is 20.2 Å². The van der Waals surface area contributed by atoms with Gasteiger partial charge in [-0.2, -0.15) is 15.2 Å². The lowest BCUT2D eigenvalue weighted by atomic mass is 9.93. The largest absolute Gasteiger partial charge is 0.491 e. The fraction of sp³-hybridized carbons (Fsp3) is 0.485. The van der Waals surface area contributed by atoms with E-state index >= 15 is 4.39 Å². The van der Waals surface area contributed by atoms with E-state index < -0.39 is 23.3 Å². The van der Waals surface area contributed by atoms with Gasteiger partial charge in [-0.25, -0.2) is 13.2 Å². The number of hydrogen-bond donors (Lipinski definition) is 2. The monoisotopic (exact) mass is 683 g/mol. The Morgan fingerprint density at radius 3 is 2.91 bits per heavy atom. The lowest BCUT2D eigenvalue weighted by Gasteiger charge is -2.42. The summed E-state index contributed by atoms with van der Waals surface area (Å²) in [5, 5.41) is 13.9. The number of nitrogen functional groups attached to an aromatic ring is 1. The van der Waals surface area contributed by atoms with Gasteiger partial charge in [0.05, 0.1) is 32.8 Å². The maximum atomic E-state index is 17.2. The molecule has 246 valence electrons. The summed E-state index contributed by atoms with van der Waals surface area (Å²) >= 11 is 7.98. The highest BCUT2D eigenvalue weighted by molar-refractivity contribution is 7.23. The molecule has 9 nitrogen and oxygen atoms in total. The Labute approximate surface area is 278 Å². The fourth-order valence-corrected chi connectivity index (χ4v) is 9.48. The number of hydrogen-bond acceptors (Lipinski definition) is 10. The average Bonchev–Trinajstić information content (AvgIpc) is 3.70. The van der Waals surface area contributed by atoms with Gasteiger partial charge >= 0.3 is 6.01 Å². The van der Waals surface area contributed by atoms with Gasteiger partial charge < -0.3 is 25.4 Å². The van der Waals surface area contributed by atoms with Gasteiger partial charge in [0.1, 0.15) is 41.0 Å². The SMILES string of the molecule is CNC1CCN2c3nc(OC[C@@]45CCCN4C[C@H](F)C5)nc4c(F)c(-c5ccc(F)c6sc(N)c(C#N)c56)c(Cl)c(c34)OCCC2C1. The van der Waals surface area contributed by atoms with E-state index in [4.69, 9.17) is 31.8 Å². The summed E-state index contributed by atoms with van der Waals surface area (Å²) in [6.45, 7) is 2.31. The predicted octanol–water partition coefficient (Wildman–Crippen LogP) is 6.19. The first-order valence-electron chi connectivity index (χ1n) is 15.9. The minimum atomic E-state index is -0.932. The molecule has 4 atom stereocenters. The van der Waals surface area contributed by atoms with Crippen molar-refractivity contribution in [1.29, 1.82) is 5.26 Å². The van der Waals surface area contributed by atoms with Crippen LogP contribution in [0.25, 0.3) is 32.1 Å². The molecule has 3 fully saturated rings. The summed E-state index contributed by atoms with van der Waals surface area (Å²) in [5.74, 6) is -0.683. The molecule has 2 aromatic heterocycles. The van der Waals surface area contributed by atoms with Crippen LogP contribution in [-0.4, -0.2) is 78.6 Å². The molecule has 2 aromatic carbocycles. The topological polar surface area (TPSA) is 113 Å². The molecule has 4 aromatic rings. The number of fused-ring (bicyclic) bond motifs is 4. The van der Waals surface area contributed by atoms with Gasteiger partial charge in [-0.3, -0.25) is 4.90 Å². The van der Waals surface area contributed by atoms with E-state index in [2.05, 4.69) is 20.1 Å². The van der Waals surface area contributed by atoms with Crippen molar-refractivity contribution in [2.75, 3.05) is 50.5 Å². The Morgan fingerprint density at radius 2 is 2.11 bits per heavy atom. The molecule has 3 saturated heterocycles. The summed E-state index contributed by atoms with van der Waals surface area (Å²) in [6.07, 6.45) is 3.53. The first-order valence-corrected chi connectivity index (χ1v) is 17.1. The van der Waals surface area contributed by atoms with Gasteiger partial charge in [-0.05, 0) is 50.9 Å². The third kappa shape index (κ3) is 4.78. The van der Waals surface area contributed by atoms with Gasteiger partial charge in [0.2, 0.25) is 0 Å². The number of nitrogens with one attached hydrogen (secondary N) is 1. The summed E-state index contributed by atoms with van der Waals surface area (Å²) in [5.41, 5.74) is 5.75. The third-order valence-electron chi connectivity index (χ3n) is 10.5. The van der Waals surface area contributed by atoms with Crippen LogP contribution in [-0.2, 0) is 0 Å². The van der Waals surface area contributed by atoms with E-state index in [-0.39, 0.29) is 66.7 Å². The van der Waals surface area contributed by atoms with Gasteiger partial charge in [0.25, 0.3) is 0 Å². The van der Waals surface area contributed by atoms with Crippen molar-refractivity contribution in [3.8, 4) is 29.0 Å². The average molecular weight is 684 g/mol. The highest BCUT2D eigenvalue weighted by Gasteiger charge is 2.49. The molecule has 4 aliphatic heterocycles. The number of nitrogens with zero attached hydrogens (tertiary/aromatic N) is 5. The Hall–Kier alpha value is -3.57. The predicted molar refractivity (Wildman–Crippen MR) is 176 cm³/mol. The highest BCUT2D eigenvalue weighted by atomic mass is 35.5. The number of benzene rings is 2. The molecular weight excluding hydrogens is 651 g/mol. The van der Waals surface area contributed by atoms with E-state index in [0.29, 0.717) is 49.8 Å². The maximum absolute atomic E-state index is 17.2. The molecule has 14 heteroatoms. The number of ether oxygens (including phenoxy) is 2. The van der Waals surface area contributed by atoms with Crippen molar-refractivity contribution in [3.05, 3.63) is 34.4 Å². The van der Waals surface area contributed by atoms with Crippen LogP contribution in [0.4, 0.5) is 24.0 Å². The van der Waals surface area contributed by atoms with E-state index in [1.54, 1.807) is 0 Å². The number of piperidine rings is 1. The fourth-order valence-electron chi connectivity index (χ4n) is 8.20. The number of anilines is 2. The molecule has 3 N–H and O–H groups in total. The Balaban J connectivity index is 1.34. The molecule has 2 unspecified atom stereocenters. The zero-order valence-corrected chi connectivity index (χ0v) is 27.3. The lowest BCUT2D eigenvalue weighted by Crippen LogP contribution is -2.49. The Kier molecular flexibility index (Phi) is 7.55. The Bertz CT molecular complexity index is 1970. The Morgan fingerprint density at radius 1 is 1.26 bits per heavy atom.